The van der Waals surface area contributed by atoms with E-state index in [0.717, 1.165) is 5.56 Å². The van der Waals surface area contributed by atoms with Crippen LogP contribution in [-0.4, -0.2) is 5.91 Å². The number of hydrogen-bond acceptors (Lipinski definition) is 1. The molecule has 0 saturated heterocycles. The van der Waals surface area contributed by atoms with Crippen LogP contribution < -0.4 is 5.32 Å². The van der Waals surface area contributed by atoms with Crippen LogP contribution in [-0.2, 0) is 11.3 Å². The van der Waals surface area contributed by atoms with Crippen LogP contribution in [0.1, 0.15) is 25.5 Å². The molecule has 0 aliphatic heterocycles. The lowest BCUT2D eigenvalue weighted by Crippen LogP contribution is -2.18. The van der Waals surface area contributed by atoms with Gasteiger partial charge in [-0.1, -0.05) is 37.3 Å². The average Bonchev–Trinajstić information content (AvgIpc) is 2.03. The number of carbonyl (C=O) groups excluding carboxylic acids is 1. The maximum Gasteiger partial charge on any atom is 0.217 e. The van der Waals surface area contributed by atoms with E-state index in [0.29, 0.717) is 6.54 Å². The first-order valence-electron chi connectivity index (χ1n) is 3.98. The molecule has 0 aliphatic rings. The Labute approximate surface area is 80.0 Å². The third kappa shape index (κ3) is 4.31. The zero-order chi connectivity index (χ0) is 8.97. The predicted molar refractivity (Wildman–Crippen MR) is 55.4 cm³/mol. The van der Waals surface area contributed by atoms with Crippen LogP contribution in [0, 0.1) is 6.92 Å². The average molecular weight is 179 g/mol. The fraction of sp³-hybridized carbons (Fsp3) is 0.364. The minimum absolute atomic E-state index is 0. The maximum absolute atomic E-state index is 10.6. The molecule has 2 heteroatoms. The van der Waals surface area contributed by atoms with E-state index in [9.17, 15) is 4.79 Å². The van der Waals surface area contributed by atoms with Crippen molar-refractivity contribution >= 4 is 5.91 Å². The summed E-state index contributed by atoms with van der Waals surface area (Å²) in [7, 11) is 0. The van der Waals surface area contributed by atoms with Gasteiger partial charge in [0.05, 0.1) is 0 Å². The van der Waals surface area contributed by atoms with Gasteiger partial charge < -0.3 is 5.32 Å². The van der Waals surface area contributed by atoms with Crippen LogP contribution in [0.2, 0.25) is 0 Å². The summed E-state index contributed by atoms with van der Waals surface area (Å²) in [5.74, 6) is 0.00979. The molecule has 0 atom stereocenters. The summed E-state index contributed by atoms with van der Waals surface area (Å²) in [4.78, 5) is 10.6. The van der Waals surface area contributed by atoms with Crippen molar-refractivity contribution in [3.8, 4) is 0 Å². The second kappa shape index (κ2) is 5.36. The normalized spacial score (nSPS) is 8.77. The van der Waals surface area contributed by atoms with E-state index >= 15 is 0 Å². The first-order valence-corrected chi connectivity index (χ1v) is 3.98. The lowest BCUT2D eigenvalue weighted by atomic mass is 10.1. The van der Waals surface area contributed by atoms with E-state index in [1.54, 1.807) is 0 Å². The molecule has 2 nitrogen and oxygen atoms in total. The van der Waals surface area contributed by atoms with E-state index in [2.05, 4.69) is 5.32 Å². The lowest BCUT2D eigenvalue weighted by Gasteiger charge is -2.01. The second-order valence-corrected chi connectivity index (χ2v) is 2.90. The molecule has 1 aromatic rings. The van der Waals surface area contributed by atoms with Gasteiger partial charge in [0.15, 0.2) is 0 Å². The molecular weight excluding hydrogens is 162 g/mol. The monoisotopic (exact) mass is 179 g/mol. The number of amides is 1. The summed E-state index contributed by atoms with van der Waals surface area (Å²) < 4.78 is 0. The van der Waals surface area contributed by atoms with E-state index in [4.69, 9.17) is 0 Å². The van der Waals surface area contributed by atoms with E-state index in [-0.39, 0.29) is 13.3 Å². The van der Waals surface area contributed by atoms with Gasteiger partial charge >= 0.3 is 0 Å². The minimum atomic E-state index is 0. The van der Waals surface area contributed by atoms with Gasteiger partial charge in [0, 0.05) is 13.5 Å². The Morgan fingerprint density at radius 1 is 1.31 bits per heavy atom. The fourth-order valence-corrected chi connectivity index (χ4v) is 0.932. The van der Waals surface area contributed by atoms with Crippen molar-refractivity contribution in [1.82, 2.24) is 5.32 Å². The van der Waals surface area contributed by atoms with E-state index in [1.165, 1.54) is 12.5 Å². The van der Waals surface area contributed by atoms with E-state index in [1.807, 2.05) is 31.2 Å². The standard InChI is InChI=1S/C10H13NO.CH4/c1-8-3-5-10(6-4-8)7-11-9(2)12;/h3-6H,7H2,1-2H3,(H,11,12);1H4. The van der Waals surface area contributed by atoms with Gasteiger partial charge in [-0.2, -0.15) is 0 Å². The molecule has 1 amide bonds. The maximum atomic E-state index is 10.6. The number of benzene rings is 1. The summed E-state index contributed by atoms with van der Waals surface area (Å²) in [5.41, 5.74) is 2.37. The van der Waals surface area contributed by atoms with Crippen LogP contribution in [0.4, 0.5) is 0 Å². The fourth-order valence-electron chi connectivity index (χ4n) is 0.932. The van der Waals surface area contributed by atoms with Crippen molar-refractivity contribution in [3.05, 3.63) is 35.4 Å². The Balaban J connectivity index is 0.00000144. The molecule has 1 N–H and O–H groups in total. The molecule has 0 heterocycles. The van der Waals surface area contributed by atoms with E-state index < -0.39 is 0 Å². The highest BCUT2D eigenvalue weighted by Gasteiger charge is 1.92. The Morgan fingerprint density at radius 3 is 2.31 bits per heavy atom. The van der Waals surface area contributed by atoms with Crippen molar-refractivity contribution in [3.63, 3.8) is 0 Å². The molecule has 0 aromatic heterocycles. The molecule has 0 fully saturated rings. The van der Waals surface area contributed by atoms with Crippen molar-refractivity contribution < 1.29 is 4.79 Å². The first-order chi connectivity index (χ1) is 5.68. The predicted octanol–water partition coefficient (Wildman–Crippen LogP) is 2.27. The SMILES string of the molecule is C.CC(=O)NCc1ccc(C)cc1. The van der Waals surface area contributed by atoms with Gasteiger partial charge in [-0.25, -0.2) is 0 Å². The van der Waals surface area contributed by atoms with Gasteiger partial charge in [-0.05, 0) is 12.5 Å². The molecule has 0 unspecified atom stereocenters. The quantitative estimate of drug-likeness (QED) is 0.741. The molecule has 0 aliphatic carbocycles. The summed E-state index contributed by atoms with van der Waals surface area (Å²) in [6.45, 7) is 4.19. The Hall–Kier alpha value is -1.31. The molecule has 0 bridgehead atoms. The minimum Gasteiger partial charge on any atom is -0.352 e. The molecule has 72 valence electrons. The third-order valence-corrected chi connectivity index (χ3v) is 1.66. The zero-order valence-electron chi connectivity index (χ0n) is 7.42. The summed E-state index contributed by atoms with van der Waals surface area (Å²) in [5, 5.41) is 2.74. The highest BCUT2D eigenvalue weighted by atomic mass is 16.1. The van der Waals surface area contributed by atoms with Gasteiger partial charge in [0.2, 0.25) is 5.91 Å². The van der Waals surface area contributed by atoms with Crippen LogP contribution in [0.5, 0.6) is 0 Å². The summed E-state index contributed by atoms with van der Waals surface area (Å²) in [6.07, 6.45) is 0. The molecule has 0 radical (unpaired) electrons. The van der Waals surface area contributed by atoms with Crippen molar-refractivity contribution in [2.45, 2.75) is 27.8 Å². The number of carbonyl (C=O) groups is 1. The Morgan fingerprint density at radius 2 is 1.85 bits per heavy atom. The third-order valence-electron chi connectivity index (χ3n) is 1.66. The van der Waals surface area contributed by atoms with Crippen LogP contribution in [0.15, 0.2) is 24.3 Å². The van der Waals surface area contributed by atoms with Crippen molar-refractivity contribution in [2.24, 2.45) is 0 Å². The summed E-state index contributed by atoms with van der Waals surface area (Å²) in [6, 6.07) is 8.12. The first kappa shape index (κ1) is 11.7. The van der Waals surface area contributed by atoms with Crippen molar-refractivity contribution in [2.75, 3.05) is 0 Å². The smallest absolute Gasteiger partial charge is 0.217 e. The Kier molecular flexibility index (Phi) is 4.82. The lowest BCUT2D eigenvalue weighted by molar-refractivity contribution is -0.119. The van der Waals surface area contributed by atoms with Crippen LogP contribution >= 0.6 is 0 Å². The van der Waals surface area contributed by atoms with Crippen LogP contribution in [0.3, 0.4) is 0 Å². The molecule has 0 saturated carbocycles. The van der Waals surface area contributed by atoms with Crippen molar-refractivity contribution in [1.29, 1.82) is 0 Å². The number of nitrogens with one attached hydrogen (secondary N) is 1. The number of rotatable bonds is 2. The zero-order valence-corrected chi connectivity index (χ0v) is 7.42. The number of aryl methyl sites for hydroxylation is 1. The van der Waals surface area contributed by atoms with Gasteiger partial charge in [-0.3, -0.25) is 4.79 Å². The van der Waals surface area contributed by atoms with Gasteiger partial charge in [-0.15, -0.1) is 0 Å². The molecule has 1 rings (SSSR count). The van der Waals surface area contributed by atoms with Gasteiger partial charge in [0.25, 0.3) is 0 Å². The highest BCUT2D eigenvalue weighted by molar-refractivity contribution is 5.72. The molecule has 0 spiro atoms. The summed E-state index contributed by atoms with van der Waals surface area (Å²) >= 11 is 0. The highest BCUT2D eigenvalue weighted by Crippen LogP contribution is 2.01. The van der Waals surface area contributed by atoms with Crippen LogP contribution in [0.25, 0.3) is 0 Å². The number of hydrogen-bond donors (Lipinski definition) is 1. The second-order valence-electron chi connectivity index (χ2n) is 2.90. The van der Waals surface area contributed by atoms with Gasteiger partial charge in [0.1, 0.15) is 0 Å². The topological polar surface area (TPSA) is 29.1 Å². The Bertz CT molecular complexity index is 264. The molecular formula is C11H17NO. The largest absolute Gasteiger partial charge is 0.352 e. The molecule has 1 aromatic carbocycles. The molecule has 13 heavy (non-hydrogen) atoms.